The van der Waals surface area contributed by atoms with Crippen molar-refractivity contribution < 1.29 is 48.5 Å². The molecule has 2 aliphatic rings. The summed E-state index contributed by atoms with van der Waals surface area (Å²) in [7, 11) is 0. The molecule has 0 aliphatic carbocycles. The number of nitrogens with zero attached hydrogens (tertiary/aromatic N) is 2. The average molecular weight is 707 g/mol. The molecule has 0 radical (unpaired) electrons. The van der Waals surface area contributed by atoms with Crippen molar-refractivity contribution in [3.05, 3.63) is 106 Å². The zero-order valence-corrected chi connectivity index (χ0v) is 29.6. The Balaban J connectivity index is 1.43. The van der Waals surface area contributed by atoms with Gasteiger partial charge in [-0.1, -0.05) is 24.3 Å². The number of ether oxygens (including phenoxy) is 2. The van der Waals surface area contributed by atoms with Crippen LogP contribution in [0.2, 0.25) is 0 Å². The lowest BCUT2D eigenvalue weighted by atomic mass is 9.84. The van der Waals surface area contributed by atoms with Gasteiger partial charge in [-0.05, 0) is 101 Å². The third kappa shape index (κ3) is 6.71. The molecule has 4 aromatic rings. The second-order valence-corrected chi connectivity index (χ2v) is 14.9. The molecule has 2 atom stereocenters. The Morgan fingerprint density at radius 3 is 1.04 bits per heavy atom. The molecule has 0 bridgehead atoms. The highest BCUT2D eigenvalue weighted by Crippen LogP contribution is 2.40. The molecule has 52 heavy (non-hydrogen) atoms. The first-order valence-corrected chi connectivity index (χ1v) is 16.7. The SMILES string of the molecule is CC(C)(C)OC(=O)[C@H](Cc1ccc(O)cc1)N1C(=O)c2ccc3c4c(ccc(c24)C1=O)C(=O)N([C@@H](Cc1ccc(O)cc1)C(=O)OC(C)(C)C)C3=O. The van der Waals surface area contributed by atoms with Crippen molar-refractivity contribution >= 4 is 46.3 Å². The first-order valence-electron chi connectivity index (χ1n) is 16.7. The number of carbonyl (C=O) groups is 6. The molecule has 0 spiro atoms. The highest BCUT2D eigenvalue weighted by Gasteiger charge is 2.47. The van der Waals surface area contributed by atoms with Gasteiger partial charge in [-0.3, -0.25) is 29.0 Å². The smallest absolute Gasteiger partial charge is 0.330 e. The number of amides is 4. The van der Waals surface area contributed by atoms with Gasteiger partial charge in [0, 0.05) is 45.9 Å². The number of rotatable bonds is 8. The van der Waals surface area contributed by atoms with E-state index >= 15 is 0 Å². The van der Waals surface area contributed by atoms with Crippen LogP contribution in [-0.2, 0) is 31.9 Å². The molecule has 0 saturated carbocycles. The lowest BCUT2D eigenvalue weighted by Gasteiger charge is -2.37. The van der Waals surface area contributed by atoms with Crippen LogP contribution in [-0.4, -0.2) is 78.9 Å². The summed E-state index contributed by atoms with van der Waals surface area (Å²) in [6.45, 7) is 9.97. The summed E-state index contributed by atoms with van der Waals surface area (Å²) in [5, 5.41) is 19.7. The van der Waals surface area contributed by atoms with Crippen molar-refractivity contribution in [3.8, 4) is 11.5 Å². The van der Waals surface area contributed by atoms with Crippen molar-refractivity contribution in [2.75, 3.05) is 0 Å². The number of aromatic hydroxyl groups is 2. The summed E-state index contributed by atoms with van der Waals surface area (Å²) in [5.74, 6) is -4.93. The van der Waals surface area contributed by atoms with Crippen LogP contribution >= 0.6 is 0 Å². The van der Waals surface area contributed by atoms with Crippen molar-refractivity contribution in [3.63, 3.8) is 0 Å². The van der Waals surface area contributed by atoms with Gasteiger partial charge in [0.05, 0.1) is 0 Å². The second kappa shape index (κ2) is 12.9. The highest BCUT2D eigenvalue weighted by atomic mass is 16.6. The van der Waals surface area contributed by atoms with Gasteiger partial charge in [0.2, 0.25) is 0 Å². The van der Waals surface area contributed by atoms with Crippen molar-refractivity contribution in [1.29, 1.82) is 0 Å². The van der Waals surface area contributed by atoms with Gasteiger partial charge in [-0.25, -0.2) is 9.59 Å². The van der Waals surface area contributed by atoms with Crippen LogP contribution in [0.15, 0.2) is 72.8 Å². The molecule has 12 heteroatoms. The Hall–Kier alpha value is -6.04. The Labute approximate surface area is 299 Å². The summed E-state index contributed by atoms with van der Waals surface area (Å²) >= 11 is 0. The van der Waals surface area contributed by atoms with E-state index in [-0.39, 0.29) is 57.4 Å². The van der Waals surface area contributed by atoms with Gasteiger partial charge in [0.15, 0.2) is 0 Å². The molecule has 2 N–H and O–H groups in total. The molecule has 4 amide bonds. The average Bonchev–Trinajstić information content (AvgIpc) is 3.05. The first kappa shape index (κ1) is 35.8. The lowest BCUT2D eigenvalue weighted by molar-refractivity contribution is -0.160. The van der Waals surface area contributed by atoms with Crippen LogP contribution in [0.1, 0.15) is 94.1 Å². The lowest BCUT2D eigenvalue weighted by Crippen LogP contribution is -2.54. The summed E-state index contributed by atoms with van der Waals surface area (Å²) in [5.41, 5.74) is -0.810. The molecule has 2 heterocycles. The molecule has 6 rings (SSSR count). The fraction of sp³-hybridized carbons (Fsp3) is 0.300. The molecule has 2 aliphatic heterocycles. The molecular formula is C40H38N2O10. The molecule has 0 saturated heterocycles. The van der Waals surface area contributed by atoms with Crippen molar-refractivity contribution in [2.45, 2.75) is 77.7 Å². The van der Waals surface area contributed by atoms with Crippen molar-refractivity contribution in [2.24, 2.45) is 0 Å². The highest BCUT2D eigenvalue weighted by molar-refractivity contribution is 6.34. The van der Waals surface area contributed by atoms with Crippen LogP contribution < -0.4 is 0 Å². The second-order valence-electron chi connectivity index (χ2n) is 14.9. The molecule has 268 valence electrons. The van der Waals surface area contributed by atoms with E-state index in [0.29, 0.717) is 11.1 Å². The Bertz CT molecular complexity index is 1930. The number of carbonyl (C=O) groups excluding carboxylic acids is 6. The fourth-order valence-corrected chi connectivity index (χ4v) is 6.49. The van der Waals surface area contributed by atoms with Crippen LogP contribution in [0, 0.1) is 0 Å². The number of esters is 2. The summed E-state index contributed by atoms with van der Waals surface area (Å²) in [4.78, 5) is 86.1. The summed E-state index contributed by atoms with van der Waals surface area (Å²) < 4.78 is 11.3. The standard InChI is InChI=1S/C40H38N2O10/c1-39(2,3)51-37(49)29(19-21-7-11-23(43)12-8-21)41-33(45)25-15-17-27-32-28(18-16-26(31(25)32)34(41)46)36(48)42(35(27)47)30(38(50)52-40(4,5)6)20-22-9-13-24(44)14-10-22/h7-18,29-30,43-44H,19-20H2,1-6H3/t29-,30-/m0/s1. The normalized spacial score (nSPS) is 15.5. The van der Waals surface area contributed by atoms with E-state index < -0.39 is 58.9 Å². The molecule has 0 fully saturated rings. The zero-order valence-electron chi connectivity index (χ0n) is 29.6. The number of phenolic OH excluding ortho intramolecular Hbond substituents is 2. The van der Waals surface area contributed by atoms with E-state index in [1.165, 1.54) is 48.5 Å². The van der Waals surface area contributed by atoms with Crippen LogP contribution in [0.5, 0.6) is 11.5 Å². The minimum Gasteiger partial charge on any atom is -0.508 e. The van der Waals surface area contributed by atoms with Gasteiger partial charge in [0.1, 0.15) is 34.8 Å². The largest absolute Gasteiger partial charge is 0.508 e. The van der Waals surface area contributed by atoms with E-state index in [4.69, 9.17) is 9.47 Å². The Morgan fingerprint density at radius 1 is 0.519 bits per heavy atom. The molecular weight excluding hydrogens is 668 g/mol. The third-order valence-corrected chi connectivity index (χ3v) is 8.67. The van der Waals surface area contributed by atoms with Crippen LogP contribution in [0.4, 0.5) is 0 Å². The maximum atomic E-state index is 14.3. The number of phenols is 2. The van der Waals surface area contributed by atoms with Gasteiger partial charge in [0.25, 0.3) is 23.6 Å². The summed E-state index contributed by atoms with van der Waals surface area (Å²) in [6, 6.07) is 14.7. The zero-order chi connectivity index (χ0) is 37.9. The van der Waals surface area contributed by atoms with Gasteiger partial charge < -0.3 is 19.7 Å². The molecule has 4 aromatic carbocycles. The van der Waals surface area contributed by atoms with Gasteiger partial charge >= 0.3 is 11.9 Å². The number of imide groups is 2. The minimum absolute atomic E-state index is 0.00299. The van der Waals surface area contributed by atoms with Gasteiger partial charge in [-0.2, -0.15) is 0 Å². The molecule has 0 unspecified atom stereocenters. The van der Waals surface area contributed by atoms with E-state index in [9.17, 15) is 39.0 Å². The molecule has 0 aromatic heterocycles. The minimum atomic E-state index is -1.40. The van der Waals surface area contributed by atoms with Gasteiger partial charge in [-0.15, -0.1) is 0 Å². The van der Waals surface area contributed by atoms with E-state index in [0.717, 1.165) is 9.80 Å². The van der Waals surface area contributed by atoms with E-state index in [2.05, 4.69) is 0 Å². The number of benzene rings is 4. The predicted molar refractivity (Wildman–Crippen MR) is 188 cm³/mol. The maximum absolute atomic E-state index is 14.3. The quantitative estimate of drug-likeness (QED) is 0.180. The maximum Gasteiger partial charge on any atom is 0.330 e. The Morgan fingerprint density at radius 2 is 0.788 bits per heavy atom. The van der Waals surface area contributed by atoms with Crippen LogP contribution in [0.25, 0.3) is 10.8 Å². The topological polar surface area (TPSA) is 168 Å². The third-order valence-electron chi connectivity index (χ3n) is 8.67. The van der Waals surface area contributed by atoms with Crippen LogP contribution in [0.3, 0.4) is 0 Å². The fourth-order valence-electron chi connectivity index (χ4n) is 6.49. The van der Waals surface area contributed by atoms with E-state index in [1.807, 2.05) is 0 Å². The number of hydrogen-bond acceptors (Lipinski definition) is 10. The first-order chi connectivity index (χ1) is 24.3. The van der Waals surface area contributed by atoms with Crippen molar-refractivity contribution in [1.82, 2.24) is 9.80 Å². The predicted octanol–water partition coefficient (Wildman–Crippen LogP) is 5.35. The molecule has 12 nitrogen and oxygen atoms in total. The summed E-state index contributed by atoms with van der Waals surface area (Å²) in [6.07, 6.45) is -0.222. The Kier molecular flexibility index (Phi) is 8.90. The van der Waals surface area contributed by atoms with E-state index in [1.54, 1.807) is 65.8 Å². The monoisotopic (exact) mass is 706 g/mol. The number of hydrogen-bond donors (Lipinski definition) is 2.